The fourth-order valence-electron chi connectivity index (χ4n) is 4.49. The van der Waals surface area contributed by atoms with E-state index in [1.54, 1.807) is 43.5 Å². The zero-order valence-corrected chi connectivity index (χ0v) is 27.4. The number of nitrogens with zero attached hydrogens (tertiary/aromatic N) is 4. The molecule has 0 radical (unpaired) electrons. The maximum Gasteiger partial charge on any atom is 0.407 e. The molecule has 0 aliphatic rings. The molecule has 0 aliphatic heterocycles. The van der Waals surface area contributed by atoms with Gasteiger partial charge in [-0.15, -0.1) is 23.7 Å². The summed E-state index contributed by atoms with van der Waals surface area (Å²) in [7, 11) is 1.84. The molecule has 15 heteroatoms. The van der Waals surface area contributed by atoms with E-state index in [0.29, 0.717) is 28.6 Å². The Hall–Kier alpha value is -3.67. The Balaban J connectivity index is 0.00000353. The molecular weight excluding hydrogens is 647 g/mol. The molecule has 4 rings (SSSR count). The molecule has 0 spiro atoms. The number of H-pyrrole nitrogens is 1. The zero-order valence-electron chi connectivity index (χ0n) is 25.1. The van der Waals surface area contributed by atoms with Crippen LogP contribution in [0.2, 0.25) is 0 Å². The normalized spacial score (nSPS) is 14.1. The van der Waals surface area contributed by atoms with E-state index in [9.17, 15) is 14.3 Å². The van der Waals surface area contributed by atoms with E-state index < -0.39 is 35.4 Å². The van der Waals surface area contributed by atoms with Gasteiger partial charge in [-0.25, -0.2) is 18.6 Å². The third-order valence-electron chi connectivity index (χ3n) is 7.33. The molecule has 2 aromatic carbocycles. The van der Waals surface area contributed by atoms with Gasteiger partial charge in [0.2, 0.25) is 0 Å². The molecule has 10 nitrogen and oxygen atoms in total. The SMILES string of the molecule is CNC(C)CCNC(=O)OC(C)c1nc[n+](C[C@](O)(c2cc(F)ccc2F)[C@@H](C)c2nc(-c3ccc(C#N)cc3)cs2)[nH]1.Cl.[Cl-]. The van der Waals surface area contributed by atoms with Crippen molar-refractivity contribution in [2.75, 3.05) is 13.6 Å². The molecule has 0 fully saturated rings. The number of thiazole rings is 1. The molecule has 2 heterocycles. The summed E-state index contributed by atoms with van der Waals surface area (Å²) in [6, 6.07) is 12.2. The van der Waals surface area contributed by atoms with Crippen LogP contribution in [0.4, 0.5) is 13.6 Å². The summed E-state index contributed by atoms with van der Waals surface area (Å²) in [5, 5.41) is 32.3. The summed E-state index contributed by atoms with van der Waals surface area (Å²) >= 11 is 1.28. The van der Waals surface area contributed by atoms with E-state index in [1.165, 1.54) is 22.3 Å². The minimum atomic E-state index is -1.97. The number of halogens is 4. The van der Waals surface area contributed by atoms with Crippen molar-refractivity contribution in [1.82, 2.24) is 25.7 Å². The van der Waals surface area contributed by atoms with Gasteiger partial charge in [-0.2, -0.15) is 15.0 Å². The average molecular weight is 683 g/mol. The number of hydrogen-bond donors (Lipinski definition) is 4. The second-order valence-electron chi connectivity index (χ2n) is 10.4. The number of nitriles is 1. The second-order valence-corrected chi connectivity index (χ2v) is 11.2. The maximum absolute atomic E-state index is 15.2. The monoisotopic (exact) mass is 681 g/mol. The van der Waals surface area contributed by atoms with Gasteiger partial charge in [0.25, 0.3) is 5.82 Å². The number of rotatable bonds is 12. The van der Waals surface area contributed by atoms with E-state index in [0.717, 1.165) is 30.2 Å². The van der Waals surface area contributed by atoms with Crippen LogP contribution in [0.25, 0.3) is 11.3 Å². The Morgan fingerprint density at radius 2 is 1.93 bits per heavy atom. The molecule has 0 saturated heterocycles. The van der Waals surface area contributed by atoms with Crippen molar-refractivity contribution < 1.29 is 40.5 Å². The second kappa shape index (κ2) is 16.6. The van der Waals surface area contributed by atoms with Crippen LogP contribution in [0, 0.1) is 23.0 Å². The smallest absolute Gasteiger partial charge is 0.407 e. The Bertz CT molecular complexity index is 1600. The fraction of sp³-hybridized carbons (Fsp3) is 0.367. The number of carbonyl (C=O) groups is 1. The lowest BCUT2D eigenvalue weighted by Gasteiger charge is -2.32. The van der Waals surface area contributed by atoms with Gasteiger partial charge in [0.15, 0.2) is 6.10 Å². The predicted octanol–water partition coefficient (Wildman–Crippen LogP) is 1.87. The molecule has 1 amide bonds. The van der Waals surface area contributed by atoms with Crippen LogP contribution in [0.3, 0.4) is 0 Å². The molecule has 0 aliphatic carbocycles. The lowest BCUT2D eigenvalue weighted by atomic mass is 9.82. The van der Waals surface area contributed by atoms with Crippen LogP contribution < -0.4 is 27.7 Å². The van der Waals surface area contributed by atoms with Gasteiger partial charge in [0.1, 0.15) is 23.8 Å². The van der Waals surface area contributed by atoms with Crippen LogP contribution >= 0.6 is 23.7 Å². The largest absolute Gasteiger partial charge is 1.00 e. The number of nitrogens with one attached hydrogen (secondary N) is 3. The molecule has 0 saturated carbocycles. The fourth-order valence-corrected chi connectivity index (χ4v) is 5.46. The highest BCUT2D eigenvalue weighted by Gasteiger charge is 2.43. The highest BCUT2D eigenvalue weighted by molar-refractivity contribution is 7.10. The van der Waals surface area contributed by atoms with Crippen LogP contribution in [0.5, 0.6) is 0 Å². The van der Waals surface area contributed by atoms with Crippen LogP contribution in [-0.4, -0.2) is 45.9 Å². The summed E-state index contributed by atoms with van der Waals surface area (Å²) in [6.45, 7) is 5.51. The molecule has 2 aromatic heterocycles. The molecule has 242 valence electrons. The van der Waals surface area contributed by atoms with Gasteiger partial charge in [-0.05, 0) is 62.6 Å². The summed E-state index contributed by atoms with van der Waals surface area (Å²) in [4.78, 5) is 21.2. The molecule has 4 atom stereocenters. The van der Waals surface area contributed by atoms with E-state index >= 15 is 4.39 Å². The highest BCUT2D eigenvalue weighted by Crippen LogP contribution is 2.41. The lowest BCUT2D eigenvalue weighted by Crippen LogP contribution is -3.00. The summed E-state index contributed by atoms with van der Waals surface area (Å²) < 4.78 is 36.4. The lowest BCUT2D eigenvalue weighted by molar-refractivity contribution is -0.765. The third-order valence-corrected chi connectivity index (χ3v) is 8.35. The van der Waals surface area contributed by atoms with Crippen LogP contribution in [-0.2, 0) is 16.9 Å². The van der Waals surface area contributed by atoms with E-state index in [-0.39, 0.29) is 43.0 Å². The van der Waals surface area contributed by atoms with Crippen molar-refractivity contribution in [3.05, 3.63) is 87.8 Å². The van der Waals surface area contributed by atoms with Gasteiger partial charge < -0.3 is 32.9 Å². The van der Waals surface area contributed by atoms with Crippen molar-refractivity contribution in [3.8, 4) is 17.3 Å². The first-order valence-corrected chi connectivity index (χ1v) is 14.6. The Morgan fingerprint density at radius 3 is 2.60 bits per heavy atom. The first-order chi connectivity index (χ1) is 20.5. The van der Waals surface area contributed by atoms with Crippen molar-refractivity contribution in [1.29, 1.82) is 5.26 Å². The first-order valence-electron chi connectivity index (χ1n) is 13.7. The number of aromatic amines is 1. The summed E-state index contributed by atoms with van der Waals surface area (Å²) in [6.07, 6.45) is 0.754. The number of carbonyl (C=O) groups excluding carboxylic acids is 1. The maximum atomic E-state index is 15.2. The number of amides is 1. The van der Waals surface area contributed by atoms with Gasteiger partial charge in [-0.3, -0.25) is 0 Å². The predicted molar refractivity (Wildman–Crippen MR) is 163 cm³/mol. The number of hydrogen-bond acceptors (Lipinski definition) is 8. The van der Waals surface area contributed by atoms with Gasteiger partial charge in [0.05, 0.1) is 22.3 Å². The highest BCUT2D eigenvalue weighted by atomic mass is 35.5. The Labute approximate surface area is 276 Å². The van der Waals surface area contributed by atoms with Crippen molar-refractivity contribution in [2.24, 2.45) is 0 Å². The number of aliphatic hydroxyl groups is 1. The number of alkyl carbamates (subject to hydrolysis) is 1. The minimum absolute atomic E-state index is 0. The third kappa shape index (κ3) is 9.18. The van der Waals surface area contributed by atoms with Gasteiger partial charge in [0, 0.05) is 35.0 Å². The van der Waals surface area contributed by atoms with Gasteiger partial charge in [-0.1, -0.05) is 19.1 Å². The quantitative estimate of drug-likeness (QED) is 0.168. The van der Waals surface area contributed by atoms with Crippen LogP contribution in [0.15, 0.2) is 54.2 Å². The molecule has 4 N–H and O–H groups in total. The summed E-state index contributed by atoms with van der Waals surface area (Å²) in [5.41, 5.74) is -0.292. The van der Waals surface area contributed by atoms with E-state index in [2.05, 4.69) is 31.8 Å². The molecule has 45 heavy (non-hydrogen) atoms. The van der Waals surface area contributed by atoms with E-state index in [4.69, 9.17) is 10.00 Å². The minimum Gasteiger partial charge on any atom is -1.00 e. The average Bonchev–Trinajstić information content (AvgIpc) is 3.68. The van der Waals surface area contributed by atoms with Crippen molar-refractivity contribution in [3.63, 3.8) is 0 Å². The number of aromatic nitrogens is 4. The van der Waals surface area contributed by atoms with Crippen molar-refractivity contribution >= 4 is 29.8 Å². The van der Waals surface area contributed by atoms with Crippen LogP contribution in [0.1, 0.15) is 61.2 Å². The number of ether oxygens (including phenoxy) is 1. The summed E-state index contributed by atoms with van der Waals surface area (Å²) in [5.74, 6) is -1.97. The Morgan fingerprint density at radius 1 is 1.22 bits per heavy atom. The molecule has 0 bridgehead atoms. The number of benzene rings is 2. The first kappa shape index (κ1) is 37.5. The molecular formula is C30H35Cl2F2N7O3S. The van der Waals surface area contributed by atoms with Crippen molar-refractivity contribution in [2.45, 2.75) is 57.4 Å². The van der Waals surface area contributed by atoms with Gasteiger partial charge >= 0.3 is 12.4 Å². The molecule has 4 aromatic rings. The zero-order chi connectivity index (χ0) is 31.1. The van der Waals surface area contributed by atoms with E-state index in [1.807, 2.05) is 14.0 Å². The molecule has 2 unspecified atom stereocenters. The topological polar surface area (TPSA) is 140 Å². The standard InChI is InChI=1S/C30H33F2N7O3S.2ClH/c1-18(34-4)11-12-35-29(40)42-20(3)27-36-17-39(38-27)16-30(41,24-13-23(31)9-10-25(24)32)19(2)28-37-26(15-43-28)22-7-5-21(14-33)6-8-22;;/h5-10,13,15,17-20,34,41H,11-12,16H2,1-4H3,(H,35,40);2*1H/t18?,19-,20?,30+;;/m0../s1. The Kier molecular flexibility index (Phi) is 13.8.